The number of hydrogen-bond acceptors (Lipinski definition) is 5. The van der Waals surface area contributed by atoms with E-state index in [1.54, 1.807) is 19.5 Å². The van der Waals surface area contributed by atoms with Crippen molar-refractivity contribution in [1.82, 2.24) is 9.97 Å². The minimum Gasteiger partial charge on any atom is -0.505 e. The van der Waals surface area contributed by atoms with Crippen LogP contribution in [0.5, 0.6) is 11.5 Å². The van der Waals surface area contributed by atoms with Crippen molar-refractivity contribution in [3.8, 4) is 11.5 Å². The van der Waals surface area contributed by atoms with Crippen molar-refractivity contribution >= 4 is 39.3 Å². The predicted molar refractivity (Wildman–Crippen MR) is 124 cm³/mol. The highest BCUT2D eigenvalue weighted by molar-refractivity contribution is 14.1. The number of methoxy groups -OCH3 is 1. The van der Waals surface area contributed by atoms with Crippen LogP contribution in [0.15, 0.2) is 67.0 Å². The lowest BCUT2D eigenvalue weighted by atomic mass is 9.95. The van der Waals surface area contributed by atoms with E-state index in [1.165, 1.54) is 0 Å². The minimum absolute atomic E-state index is 0.147. The van der Waals surface area contributed by atoms with Crippen LogP contribution < -0.4 is 10.1 Å². The summed E-state index contributed by atoms with van der Waals surface area (Å²) < 4.78 is 6.70. The van der Waals surface area contributed by atoms with Crippen LogP contribution in [-0.2, 0) is 0 Å². The highest BCUT2D eigenvalue weighted by atomic mass is 127. The van der Waals surface area contributed by atoms with Gasteiger partial charge in [0, 0.05) is 32.5 Å². The second kappa shape index (κ2) is 8.24. The molecule has 0 aliphatic heterocycles. The first-order valence-corrected chi connectivity index (χ1v) is 10.2. The third kappa shape index (κ3) is 3.98. The summed E-state index contributed by atoms with van der Waals surface area (Å²) >= 11 is 2.28. The number of nitrogens with one attached hydrogen (secondary N) is 1. The monoisotopic (exact) mass is 497 g/mol. The number of aryl methyl sites for hydroxylation is 1. The van der Waals surface area contributed by atoms with Crippen LogP contribution in [0.25, 0.3) is 10.9 Å². The van der Waals surface area contributed by atoms with Crippen molar-refractivity contribution in [3.05, 3.63) is 87.3 Å². The minimum atomic E-state index is -0.375. The summed E-state index contributed by atoms with van der Waals surface area (Å²) in [6.07, 6.45) is 3.45. The maximum Gasteiger partial charge on any atom is 0.147 e. The summed E-state index contributed by atoms with van der Waals surface area (Å²) in [5.74, 6) is 1.60. The second-order valence-corrected chi connectivity index (χ2v) is 8.01. The van der Waals surface area contributed by atoms with E-state index >= 15 is 0 Å². The molecule has 2 N–H and O–H groups in total. The van der Waals surface area contributed by atoms with Gasteiger partial charge in [-0.15, -0.1) is 0 Å². The molecule has 0 spiro atoms. The molecule has 2 heterocycles. The molecule has 1 atom stereocenters. The summed E-state index contributed by atoms with van der Waals surface area (Å²) in [5.41, 5.74) is 3.28. The zero-order valence-corrected chi connectivity index (χ0v) is 18.2. The number of halogens is 1. The van der Waals surface area contributed by atoms with Crippen LogP contribution in [0.3, 0.4) is 0 Å². The van der Waals surface area contributed by atoms with Crippen LogP contribution >= 0.6 is 22.6 Å². The first-order valence-electron chi connectivity index (χ1n) is 9.16. The Kier molecular flexibility index (Phi) is 5.53. The third-order valence-electron chi connectivity index (χ3n) is 4.80. The van der Waals surface area contributed by atoms with Gasteiger partial charge in [0.25, 0.3) is 0 Å². The Bertz CT molecular complexity index is 1180. The quantitative estimate of drug-likeness (QED) is 0.359. The molecule has 2 aromatic carbocycles. The Balaban J connectivity index is 1.91. The number of fused-ring (bicyclic) bond motifs is 1. The van der Waals surface area contributed by atoms with E-state index in [1.807, 2.05) is 55.5 Å². The number of benzene rings is 2. The lowest BCUT2D eigenvalue weighted by Crippen LogP contribution is -2.15. The van der Waals surface area contributed by atoms with Crippen LogP contribution in [0, 0.1) is 10.5 Å². The highest BCUT2D eigenvalue weighted by Gasteiger charge is 2.23. The maximum atomic E-state index is 11.1. The van der Waals surface area contributed by atoms with Crippen molar-refractivity contribution in [2.24, 2.45) is 0 Å². The Labute approximate surface area is 182 Å². The molecule has 0 amide bonds. The van der Waals surface area contributed by atoms with Gasteiger partial charge in [0.2, 0.25) is 0 Å². The molecule has 4 rings (SSSR count). The summed E-state index contributed by atoms with van der Waals surface area (Å²) in [4.78, 5) is 8.82. The molecule has 0 radical (unpaired) electrons. The van der Waals surface area contributed by atoms with Crippen molar-refractivity contribution in [1.29, 1.82) is 0 Å². The summed E-state index contributed by atoms with van der Waals surface area (Å²) in [6.45, 7) is 2.02. The summed E-state index contributed by atoms with van der Waals surface area (Å²) in [6, 6.07) is 17.2. The van der Waals surface area contributed by atoms with E-state index in [-0.39, 0.29) is 11.8 Å². The van der Waals surface area contributed by atoms with Crippen LogP contribution in [-0.4, -0.2) is 22.2 Å². The van der Waals surface area contributed by atoms with E-state index in [0.29, 0.717) is 11.1 Å². The van der Waals surface area contributed by atoms with Gasteiger partial charge in [-0.05, 0) is 71.5 Å². The Hall–Kier alpha value is -2.87. The Morgan fingerprint density at radius 1 is 1.00 bits per heavy atom. The van der Waals surface area contributed by atoms with Gasteiger partial charge in [0.05, 0.1) is 13.2 Å². The molecule has 29 heavy (non-hydrogen) atoms. The zero-order chi connectivity index (χ0) is 20.4. The van der Waals surface area contributed by atoms with Gasteiger partial charge < -0.3 is 15.2 Å². The molecule has 0 saturated carbocycles. The number of hydrogen-bond donors (Lipinski definition) is 2. The number of phenolic OH excluding ortho intramolecular Hbond substituents is 1. The topological polar surface area (TPSA) is 67.3 Å². The standard InChI is InChI=1S/C23H20IN3O2/c1-14-9-11-25-20(12-14)27-22(18-13-16(24)6-8-19(18)29-2)17-7-5-15-4-3-10-26-21(15)23(17)28/h3-13,22,28H,1-2H3,(H,25,27). The fourth-order valence-corrected chi connectivity index (χ4v) is 3.91. The van der Waals surface area contributed by atoms with Crippen LogP contribution in [0.2, 0.25) is 0 Å². The van der Waals surface area contributed by atoms with Crippen molar-refractivity contribution < 1.29 is 9.84 Å². The number of nitrogens with zero attached hydrogens (tertiary/aromatic N) is 2. The smallest absolute Gasteiger partial charge is 0.147 e. The number of ether oxygens (including phenoxy) is 1. The molecule has 1 unspecified atom stereocenters. The number of aromatic hydroxyl groups is 1. The van der Waals surface area contributed by atoms with Crippen molar-refractivity contribution in [3.63, 3.8) is 0 Å². The van der Waals surface area contributed by atoms with E-state index < -0.39 is 0 Å². The normalized spacial score (nSPS) is 12.0. The molecule has 4 aromatic rings. The predicted octanol–water partition coefficient (Wildman–Crippen LogP) is 5.46. The second-order valence-electron chi connectivity index (χ2n) is 6.76. The van der Waals surface area contributed by atoms with E-state index in [9.17, 15) is 5.11 Å². The fraction of sp³-hybridized carbons (Fsp3) is 0.130. The van der Waals surface area contributed by atoms with Gasteiger partial charge in [-0.25, -0.2) is 4.98 Å². The third-order valence-corrected chi connectivity index (χ3v) is 5.47. The largest absolute Gasteiger partial charge is 0.505 e. The summed E-state index contributed by atoms with van der Waals surface area (Å²) in [7, 11) is 1.65. The Morgan fingerprint density at radius 3 is 2.66 bits per heavy atom. The number of phenols is 1. The SMILES string of the molecule is COc1ccc(I)cc1C(Nc1cc(C)ccn1)c1ccc2cccnc2c1O. The van der Waals surface area contributed by atoms with Crippen LogP contribution in [0.1, 0.15) is 22.7 Å². The average molecular weight is 497 g/mol. The fourth-order valence-electron chi connectivity index (χ4n) is 3.40. The average Bonchev–Trinajstić information content (AvgIpc) is 2.73. The first-order chi connectivity index (χ1) is 14.1. The van der Waals surface area contributed by atoms with Gasteiger partial charge >= 0.3 is 0 Å². The highest BCUT2D eigenvalue weighted by Crippen LogP contribution is 2.39. The molecule has 6 heteroatoms. The molecule has 0 saturated heterocycles. The maximum absolute atomic E-state index is 11.1. The van der Waals surface area contributed by atoms with E-state index in [4.69, 9.17) is 4.74 Å². The van der Waals surface area contributed by atoms with E-state index in [0.717, 1.165) is 31.7 Å². The lowest BCUT2D eigenvalue weighted by Gasteiger charge is -2.24. The molecule has 2 aromatic heterocycles. The molecular formula is C23H20IN3O2. The summed E-state index contributed by atoms with van der Waals surface area (Å²) in [5, 5.41) is 15.4. The number of aromatic nitrogens is 2. The van der Waals surface area contributed by atoms with Gasteiger partial charge in [-0.2, -0.15) is 0 Å². The van der Waals surface area contributed by atoms with Crippen molar-refractivity contribution in [2.45, 2.75) is 13.0 Å². The Morgan fingerprint density at radius 2 is 1.86 bits per heavy atom. The van der Waals surface area contributed by atoms with E-state index in [2.05, 4.69) is 43.9 Å². The molecule has 5 nitrogen and oxygen atoms in total. The zero-order valence-electron chi connectivity index (χ0n) is 16.1. The van der Waals surface area contributed by atoms with Gasteiger partial charge in [0.15, 0.2) is 0 Å². The number of anilines is 1. The van der Waals surface area contributed by atoms with Crippen molar-refractivity contribution in [2.75, 3.05) is 12.4 Å². The first kappa shape index (κ1) is 19.4. The molecule has 0 fully saturated rings. The number of pyridine rings is 2. The van der Waals surface area contributed by atoms with Crippen LogP contribution in [0.4, 0.5) is 5.82 Å². The van der Waals surface area contributed by atoms with Gasteiger partial charge in [-0.3, -0.25) is 4.98 Å². The molecule has 0 aliphatic rings. The van der Waals surface area contributed by atoms with Gasteiger partial charge in [-0.1, -0.05) is 18.2 Å². The lowest BCUT2D eigenvalue weighted by molar-refractivity contribution is 0.407. The molecule has 146 valence electrons. The van der Waals surface area contributed by atoms with Gasteiger partial charge in [0.1, 0.15) is 22.8 Å². The molecular weight excluding hydrogens is 477 g/mol. The molecule has 0 aliphatic carbocycles. The number of rotatable bonds is 5. The molecule has 0 bridgehead atoms.